The van der Waals surface area contributed by atoms with E-state index in [1.54, 1.807) is 18.6 Å². The summed E-state index contributed by atoms with van der Waals surface area (Å²) in [5.41, 5.74) is 0.903. The minimum atomic E-state index is -0.428. The molecule has 0 spiro atoms. The Labute approximate surface area is 202 Å². The molecule has 0 amide bonds. The minimum Gasteiger partial charge on any atom is -0.468 e. The average Bonchev–Trinajstić information content (AvgIpc) is 3.52. The second-order valence-electron chi connectivity index (χ2n) is 8.08. The Morgan fingerprint density at radius 2 is 1.14 bits per heavy atom. The first-order chi connectivity index (χ1) is 17.7. The smallest absolute Gasteiger partial charge is 0.259 e. The van der Waals surface area contributed by atoms with Gasteiger partial charge in [0.1, 0.15) is 25.1 Å². The fraction of sp³-hybridized carbons (Fsp3) is 0. The van der Waals surface area contributed by atoms with E-state index in [0.29, 0.717) is 21.2 Å². The number of nitrogens with one attached hydrogen (secondary N) is 2. The molecule has 2 N–H and O–H groups in total. The molecule has 0 saturated carbocycles. The highest BCUT2D eigenvalue weighted by atomic mass is 16.4. The van der Waals surface area contributed by atoms with Crippen molar-refractivity contribution in [3.63, 3.8) is 0 Å². The Balaban J connectivity index is 1.95. The summed E-state index contributed by atoms with van der Waals surface area (Å²) in [6.07, 6.45) is 16.4. The number of fused-ring (bicyclic) bond motifs is 12. The molecular formula is C28H20N4O4. The van der Waals surface area contributed by atoms with Crippen LogP contribution in [0.5, 0.6) is 0 Å². The monoisotopic (exact) mass is 476 g/mol. The zero-order valence-corrected chi connectivity index (χ0v) is 18.9. The number of rotatable bonds is 0. The molecule has 4 aromatic rings. The lowest BCUT2D eigenvalue weighted by atomic mass is 10.1. The molecule has 6 rings (SSSR count). The van der Waals surface area contributed by atoms with Gasteiger partial charge >= 0.3 is 0 Å². The second-order valence-corrected chi connectivity index (χ2v) is 8.08. The SMILES string of the molecule is O=c1[nH]c(=O)c2c3cn(ccoccocc[nH]ccn4cc(c1=2)c1ccccc14)c1ccccc31. The number of aromatic nitrogens is 4. The zero-order valence-electron chi connectivity index (χ0n) is 18.9. The summed E-state index contributed by atoms with van der Waals surface area (Å²) in [7, 11) is 0. The van der Waals surface area contributed by atoms with Gasteiger partial charge in [0, 0.05) is 58.7 Å². The molecule has 8 nitrogen and oxygen atoms in total. The second kappa shape index (κ2) is 8.84. The molecule has 4 heterocycles. The highest BCUT2D eigenvalue weighted by molar-refractivity contribution is 6.00. The maximum Gasteiger partial charge on any atom is 0.259 e. The first-order valence-corrected chi connectivity index (χ1v) is 11.2. The van der Waals surface area contributed by atoms with Crippen molar-refractivity contribution in [2.45, 2.75) is 0 Å². The quantitative estimate of drug-likeness (QED) is 0.316. The summed E-state index contributed by atoms with van der Waals surface area (Å²) in [4.78, 5) is 31.9. The van der Waals surface area contributed by atoms with Crippen molar-refractivity contribution < 1.29 is 8.83 Å². The Kier molecular flexibility index (Phi) is 5.23. The third-order valence-electron chi connectivity index (χ3n) is 6.04. The lowest BCUT2D eigenvalue weighted by Gasteiger charge is -1.91. The van der Waals surface area contributed by atoms with Crippen LogP contribution < -0.4 is 11.1 Å². The lowest BCUT2D eigenvalue weighted by Crippen LogP contribution is -2.07. The molecule has 0 aliphatic carbocycles. The maximum absolute atomic E-state index is 13.2. The molecule has 0 radical (unpaired) electrons. The summed E-state index contributed by atoms with van der Waals surface area (Å²) in [6, 6.07) is 15.4. The Hall–Kier alpha value is -5.24. The van der Waals surface area contributed by atoms with Gasteiger partial charge in [-0.3, -0.25) is 14.6 Å². The molecule has 2 aliphatic heterocycles. The third kappa shape index (κ3) is 3.57. The first-order valence-electron chi connectivity index (χ1n) is 11.2. The Morgan fingerprint density at radius 3 is 1.78 bits per heavy atom. The molecule has 0 fully saturated rings. The minimum absolute atomic E-state index is 0.337. The Morgan fingerprint density at radius 1 is 0.583 bits per heavy atom. The molecule has 4 bridgehead atoms. The van der Waals surface area contributed by atoms with E-state index in [1.807, 2.05) is 75.9 Å². The number of aromatic amines is 2. The number of nitrogens with zero attached hydrogens (tertiary/aromatic N) is 2. The van der Waals surface area contributed by atoms with E-state index >= 15 is 0 Å². The van der Waals surface area contributed by atoms with Crippen LogP contribution in [0.4, 0.5) is 0 Å². The molecule has 0 saturated heterocycles. The molecule has 0 unspecified atom stereocenters. The molecule has 2 aromatic heterocycles. The van der Waals surface area contributed by atoms with Crippen molar-refractivity contribution in [3.8, 4) is 0 Å². The molecule has 0 atom stereocenters. The van der Waals surface area contributed by atoms with Crippen LogP contribution in [0.15, 0.2) is 129 Å². The van der Waals surface area contributed by atoms with Crippen LogP contribution in [0.3, 0.4) is 0 Å². The van der Waals surface area contributed by atoms with Gasteiger partial charge in [0.25, 0.3) is 11.1 Å². The van der Waals surface area contributed by atoms with Crippen LogP contribution in [0.1, 0.15) is 0 Å². The van der Waals surface area contributed by atoms with Gasteiger partial charge in [-0.15, -0.1) is 0 Å². The predicted molar refractivity (Wildman–Crippen MR) is 137 cm³/mol. The van der Waals surface area contributed by atoms with Crippen LogP contribution in [-0.4, -0.2) is 18.8 Å². The fourth-order valence-corrected chi connectivity index (χ4v) is 4.54. The molecule has 176 valence electrons. The topological polar surface area (TPSA) is 101 Å². The normalized spacial score (nSPS) is 11.0. The van der Waals surface area contributed by atoms with Crippen molar-refractivity contribution in [2.75, 3.05) is 0 Å². The zero-order chi connectivity index (χ0) is 24.5. The van der Waals surface area contributed by atoms with E-state index in [2.05, 4.69) is 9.97 Å². The van der Waals surface area contributed by atoms with Crippen LogP contribution in [0, 0.1) is 10.4 Å². The van der Waals surface area contributed by atoms with Gasteiger partial charge in [0.15, 0.2) is 0 Å². The van der Waals surface area contributed by atoms with Crippen molar-refractivity contribution in [3.05, 3.63) is 142 Å². The van der Waals surface area contributed by atoms with Crippen molar-refractivity contribution in [1.82, 2.24) is 18.8 Å². The van der Waals surface area contributed by atoms with Crippen LogP contribution in [0.2, 0.25) is 0 Å². The lowest BCUT2D eigenvalue weighted by molar-refractivity contribution is 0.494. The van der Waals surface area contributed by atoms with E-state index < -0.39 is 11.1 Å². The van der Waals surface area contributed by atoms with Gasteiger partial charge in [-0.25, -0.2) is 0 Å². The van der Waals surface area contributed by atoms with Crippen LogP contribution in [-0.2, 0) is 0 Å². The van der Waals surface area contributed by atoms with Crippen molar-refractivity contribution in [1.29, 1.82) is 0 Å². The standard InChI is InChI=1S/C28H20N4O4/c33-27-25-21-17-31(23-7-3-1-5-19(21)23)11-9-29-10-13-35-15-16-36-14-12-32-18-22(26(25)28(34)30-27)20-6-2-4-8-24(20)32/h1-18,29H,(H,30,33,34). The number of para-hydroxylation sites is 2. The fourth-order valence-electron chi connectivity index (χ4n) is 4.54. The summed E-state index contributed by atoms with van der Waals surface area (Å²) < 4.78 is 14.4. The van der Waals surface area contributed by atoms with Crippen LogP contribution in [0.25, 0.3) is 32.6 Å². The van der Waals surface area contributed by atoms with Crippen LogP contribution >= 0.6 is 0 Å². The summed E-state index contributed by atoms with van der Waals surface area (Å²) in [5.74, 6) is 0. The van der Waals surface area contributed by atoms with Gasteiger partial charge in [0.2, 0.25) is 0 Å². The largest absolute Gasteiger partial charge is 0.468 e. The molecule has 8 heteroatoms. The number of hydrogen-bond donors (Lipinski definition) is 2. The van der Waals surface area contributed by atoms with E-state index in [4.69, 9.17) is 8.83 Å². The summed E-state index contributed by atoms with van der Waals surface area (Å²) in [6.45, 7) is 0. The number of H-pyrrole nitrogens is 2. The van der Waals surface area contributed by atoms with E-state index in [-0.39, 0.29) is 0 Å². The average molecular weight is 476 g/mol. The maximum atomic E-state index is 13.2. The highest BCUT2D eigenvalue weighted by Crippen LogP contribution is 2.24. The first kappa shape index (κ1) is 21.3. The van der Waals surface area contributed by atoms with Crippen molar-refractivity contribution in [2.24, 2.45) is 0 Å². The number of hydrogen-bond acceptors (Lipinski definition) is 4. The van der Waals surface area contributed by atoms with Crippen molar-refractivity contribution >= 4 is 32.6 Å². The number of benzene rings is 2. The summed E-state index contributed by atoms with van der Waals surface area (Å²) >= 11 is 0. The third-order valence-corrected chi connectivity index (χ3v) is 6.04. The van der Waals surface area contributed by atoms with Gasteiger partial charge < -0.3 is 22.6 Å². The Bertz CT molecular complexity index is 1970. The van der Waals surface area contributed by atoms with Gasteiger partial charge in [-0.2, -0.15) is 0 Å². The van der Waals surface area contributed by atoms with E-state index in [1.165, 1.54) is 25.1 Å². The molecule has 2 aromatic carbocycles. The predicted octanol–water partition coefficient (Wildman–Crippen LogP) is 5.16. The summed E-state index contributed by atoms with van der Waals surface area (Å²) in [5, 5.41) is 3.70. The van der Waals surface area contributed by atoms with Gasteiger partial charge in [0.05, 0.1) is 21.5 Å². The van der Waals surface area contributed by atoms with E-state index in [9.17, 15) is 9.59 Å². The van der Waals surface area contributed by atoms with Gasteiger partial charge in [-0.05, 0) is 12.1 Å². The highest BCUT2D eigenvalue weighted by Gasteiger charge is 2.12. The molecular weight excluding hydrogens is 456 g/mol. The van der Waals surface area contributed by atoms with E-state index in [0.717, 1.165) is 21.8 Å². The van der Waals surface area contributed by atoms with Gasteiger partial charge in [-0.1, -0.05) is 36.4 Å². The molecule has 2 aliphatic rings. The molecule has 36 heavy (non-hydrogen) atoms.